The van der Waals surface area contributed by atoms with Crippen molar-refractivity contribution in [2.75, 3.05) is 25.4 Å². The third-order valence-electron chi connectivity index (χ3n) is 2.95. The van der Waals surface area contributed by atoms with Crippen LogP contribution in [0.5, 0.6) is 0 Å². The van der Waals surface area contributed by atoms with E-state index in [1.165, 1.54) is 17.0 Å². The lowest BCUT2D eigenvalue weighted by molar-refractivity contribution is -0.143. The zero-order valence-corrected chi connectivity index (χ0v) is 13.6. The Labute approximate surface area is 127 Å². The van der Waals surface area contributed by atoms with Gasteiger partial charge in [-0.15, -0.1) is 11.3 Å². The van der Waals surface area contributed by atoms with Crippen LogP contribution in [0.3, 0.4) is 0 Å². The minimum absolute atomic E-state index is 0.128. The summed E-state index contributed by atoms with van der Waals surface area (Å²) in [4.78, 5) is 13.7. The molecule has 0 saturated carbocycles. The summed E-state index contributed by atoms with van der Waals surface area (Å²) in [5.41, 5.74) is -0.441. The van der Waals surface area contributed by atoms with Gasteiger partial charge in [-0.25, -0.2) is 8.42 Å². The van der Waals surface area contributed by atoms with Gasteiger partial charge >= 0.3 is 0 Å². The highest BCUT2D eigenvalue weighted by Gasteiger charge is 2.32. The van der Waals surface area contributed by atoms with Gasteiger partial charge in [0.2, 0.25) is 5.91 Å². The van der Waals surface area contributed by atoms with Crippen molar-refractivity contribution in [1.82, 2.24) is 4.90 Å². The molecule has 0 atom stereocenters. The van der Waals surface area contributed by atoms with Crippen LogP contribution in [0.2, 0.25) is 4.34 Å². The largest absolute Gasteiger partial charge is 0.372 e. The second kappa shape index (κ2) is 5.63. The first-order valence-electron chi connectivity index (χ1n) is 6.09. The third-order valence-corrected chi connectivity index (χ3v) is 6.36. The van der Waals surface area contributed by atoms with Crippen molar-refractivity contribution in [3.05, 3.63) is 16.5 Å². The van der Waals surface area contributed by atoms with Gasteiger partial charge in [-0.1, -0.05) is 11.6 Å². The number of rotatable bonds is 3. The van der Waals surface area contributed by atoms with E-state index in [9.17, 15) is 13.2 Å². The van der Waals surface area contributed by atoms with E-state index in [1.807, 2.05) is 13.8 Å². The predicted molar refractivity (Wildman–Crippen MR) is 78.0 cm³/mol. The summed E-state index contributed by atoms with van der Waals surface area (Å²) in [7, 11) is -3.62. The first-order valence-corrected chi connectivity index (χ1v) is 8.94. The molecule has 1 aliphatic rings. The first-order chi connectivity index (χ1) is 9.20. The predicted octanol–water partition coefficient (Wildman–Crippen LogP) is 1.81. The van der Waals surface area contributed by atoms with E-state index in [0.717, 1.165) is 11.3 Å². The van der Waals surface area contributed by atoms with E-state index in [0.29, 0.717) is 24.0 Å². The van der Waals surface area contributed by atoms with Gasteiger partial charge in [-0.05, 0) is 26.0 Å². The van der Waals surface area contributed by atoms with Gasteiger partial charge < -0.3 is 9.64 Å². The van der Waals surface area contributed by atoms with E-state index >= 15 is 0 Å². The topological polar surface area (TPSA) is 63.7 Å². The fourth-order valence-electron chi connectivity index (χ4n) is 2.02. The van der Waals surface area contributed by atoms with Gasteiger partial charge in [-0.2, -0.15) is 0 Å². The third kappa shape index (κ3) is 3.72. The van der Waals surface area contributed by atoms with Crippen molar-refractivity contribution in [3.8, 4) is 0 Å². The first kappa shape index (κ1) is 15.8. The van der Waals surface area contributed by atoms with E-state index < -0.39 is 27.1 Å². The fourth-order valence-corrected chi connectivity index (χ4v) is 4.81. The van der Waals surface area contributed by atoms with E-state index in [2.05, 4.69) is 0 Å². The Balaban J connectivity index is 2.08. The fraction of sp³-hybridized carbons (Fsp3) is 0.583. The molecular formula is C12H16ClNO4S2. The number of carbonyl (C=O) groups is 1. The molecule has 1 aromatic heterocycles. The van der Waals surface area contributed by atoms with E-state index in [-0.39, 0.29) is 4.21 Å². The molecule has 2 heterocycles. The van der Waals surface area contributed by atoms with Crippen LogP contribution in [0, 0.1) is 0 Å². The monoisotopic (exact) mass is 337 g/mol. The van der Waals surface area contributed by atoms with Crippen LogP contribution in [0.25, 0.3) is 0 Å². The van der Waals surface area contributed by atoms with Gasteiger partial charge in [0, 0.05) is 13.1 Å². The van der Waals surface area contributed by atoms with Crippen molar-refractivity contribution < 1.29 is 17.9 Å². The average molecular weight is 338 g/mol. The zero-order chi connectivity index (χ0) is 15.0. The van der Waals surface area contributed by atoms with Crippen molar-refractivity contribution in [3.63, 3.8) is 0 Å². The van der Waals surface area contributed by atoms with Gasteiger partial charge in [0.05, 0.1) is 16.5 Å². The molecule has 20 heavy (non-hydrogen) atoms. The molecule has 8 heteroatoms. The zero-order valence-electron chi connectivity index (χ0n) is 11.3. The molecule has 1 aliphatic heterocycles. The van der Waals surface area contributed by atoms with E-state index in [1.54, 1.807) is 0 Å². The van der Waals surface area contributed by atoms with Crippen LogP contribution in [0.4, 0.5) is 0 Å². The summed E-state index contributed by atoms with van der Waals surface area (Å²) in [6.07, 6.45) is 0. The molecule has 1 fully saturated rings. The maximum atomic E-state index is 12.1. The summed E-state index contributed by atoms with van der Waals surface area (Å²) >= 11 is 6.70. The molecule has 0 aliphatic carbocycles. The summed E-state index contributed by atoms with van der Waals surface area (Å²) in [5.74, 6) is -0.925. The molecule has 2 rings (SSSR count). The quantitative estimate of drug-likeness (QED) is 0.844. The Kier molecular flexibility index (Phi) is 4.44. The van der Waals surface area contributed by atoms with Gasteiger partial charge in [-0.3, -0.25) is 4.79 Å². The number of morpholine rings is 1. The molecule has 5 nitrogen and oxygen atoms in total. The standard InChI is InChI=1S/C12H16ClNO4S2/c1-12(2)8-14(5-6-18-12)10(15)7-20(16,17)11-4-3-9(13)19-11/h3-4H,5-8H2,1-2H3. The van der Waals surface area contributed by atoms with Gasteiger partial charge in [0.15, 0.2) is 9.84 Å². The minimum atomic E-state index is -3.62. The number of nitrogens with zero attached hydrogens (tertiary/aromatic N) is 1. The second-order valence-corrected chi connectivity index (χ2v) is 9.17. The minimum Gasteiger partial charge on any atom is -0.372 e. The van der Waals surface area contributed by atoms with Crippen LogP contribution in [-0.2, 0) is 19.4 Å². The smallest absolute Gasteiger partial charge is 0.238 e. The second-order valence-electron chi connectivity index (χ2n) is 5.24. The van der Waals surface area contributed by atoms with E-state index in [4.69, 9.17) is 16.3 Å². The number of hydrogen-bond donors (Lipinski definition) is 0. The summed E-state index contributed by atoms with van der Waals surface area (Å²) in [6, 6.07) is 2.94. The van der Waals surface area contributed by atoms with Crippen LogP contribution in [0.15, 0.2) is 16.3 Å². The Hall–Kier alpha value is -0.630. The van der Waals surface area contributed by atoms with Crippen molar-refractivity contribution in [2.24, 2.45) is 0 Å². The lowest BCUT2D eigenvalue weighted by Crippen LogP contribution is -2.51. The maximum Gasteiger partial charge on any atom is 0.238 e. The maximum absolute atomic E-state index is 12.1. The molecule has 1 aromatic rings. The number of sulfone groups is 1. The van der Waals surface area contributed by atoms with Crippen LogP contribution >= 0.6 is 22.9 Å². The molecule has 1 amide bonds. The summed E-state index contributed by atoms with van der Waals surface area (Å²) < 4.78 is 30.3. The lowest BCUT2D eigenvalue weighted by atomic mass is 10.1. The number of halogens is 1. The summed E-state index contributed by atoms with van der Waals surface area (Å²) in [6.45, 7) is 4.99. The molecule has 0 bridgehead atoms. The molecule has 0 aromatic carbocycles. The molecule has 112 valence electrons. The molecule has 1 saturated heterocycles. The molecule has 0 spiro atoms. The normalized spacial score (nSPS) is 19.1. The van der Waals surface area contributed by atoms with Crippen molar-refractivity contribution in [1.29, 1.82) is 0 Å². The lowest BCUT2D eigenvalue weighted by Gasteiger charge is -2.38. The number of amides is 1. The number of ether oxygens (including phenoxy) is 1. The Morgan fingerprint density at radius 1 is 1.50 bits per heavy atom. The average Bonchev–Trinajstić information content (AvgIpc) is 2.75. The number of hydrogen-bond acceptors (Lipinski definition) is 5. The molecule has 0 unspecified atom stereocenters. The SMILES string of the molecule is CC1(C)CN(C(=O)CS(=O)(=O)c2ccc(Cl)s2)CCO1. The highest BCUT2D eigenvalue weighted by atomic mass is 35.5. The Bertz CT molecular complexity index is 609. The highest BCUT2D eigenvalue weighted by Crippen LogP contribution is 2.27. The summed E-state index contributed by atoms with van der Waals surface area (Å²) in [5, 5.41) is 0. The molecular weight excluding hydrogens is 322 g/mol. The van der Waals surface area contributed by atoms with Gasteiger partial charge in [0.25, 0.3) is 0 Å². The van der Waals surface area contributed by atoms with Crippen molar-refractivity contribution >= 4 is 38.7 Å². The van der Waals surface area contributed by atoms with Gasteiger partial charge in [0.1, 0.15) is 9.96 Å². The Morgan fingerprint density at radius 3 is 2.75 bits per heavy atom. The van der Waals surface area contributed by atoms with Crippen LogP contribution in [-0.4, -0.2) is 50.3 Å². The highest BCUT2D eigenvalue weighted by molar-refractivity contribution is 7.94. The van der Waals surface area contributed by atoms with Crippen molar-refractivity contribution in [2.45, 2.75) is 23.7 Å². The number of carbonyl (C=O) groups excluding carboxylic acids is 1. The molecule has 0 N–H and O–H groups in total. The number of thiophene rings is 1. The van der Waals surface area contributed by atoms with Crippen LogP contribution < -0.4 is 0 Å². The van der Waals surface area contributed by atoms with Crippen LogP contribution in [0.1, 0.15) is 13.8 Å². The Morgan fingerprint density at radius 2 is 2.20 bits per heavy atom. The molecule has 0 radical (unpaired) electrons.